The number of fused-ring (bicyclic) bond motifs is 3. The summed E-state index contributed by atoms with van der Waals surface area (Å²) in [6.45, 7) is 0. The number of ether oxygens (including phenoxy) is 3. The molecule has 3 rings (SSSR count). The summed E-state index contributed by atoms with van der Waals surface area (Å²) in [7, 11) is 4.60. The quantitative estimate of drug-likeness (QED) is 0.547. The zero-order chi connectivity index (χ0) is 15.0. The summed E-state index contributed by atoms with van der Waals surface area (Å²) in [5.74, 6) is 1.50. The Kier molecular flexibility index (Phi) is 3.17. The molecule has 0 spiro atoms. The Bertz CT molecular complexity index is 879. The minimum Gasteiger partial charge on any atom is -0.496 e. The average Bonchev–Trinajstić information content (AvgIpc) is 2.53. The molecule has 0 aliphatic carbocycles. The molecular weight excluding hydrogens is 272 g/mol. The number of hydrogen-bond donors (Lipinski definition) is 0. The van der Waals surface area contributed by atoms with Crippen LogP contribution in [-0.4, -0.2) is 21.3 Å². The summed E-state index contributed by atoms with van der Waals surface area (Å²) in [6, 6.07) is 8.86. The van der Waals surface area contributed by atoms with Gasteiger partial charge in [-0.3, -0.25) is 0 Å². The van der Waals surface area contributed by atoms with E-state index in [1.165, 1.54) is 14.2 Å². The van der Waals surface area contributed by atoms with Gasteiger partial charge in [0.2, 0.25) is 5.75 Å². The van der Waals surface area contributed by atoms with Crippen molar-refractivity contribution in [1.29, 1.82) is 0 Å². The second-order valence-corrected chi connectivity index (χ2v) is 4.45. The molecule has 1 heterocycles. The normalized spacial score (nSPS) is 10.8. The largest absolute Gasteiger partial charge is 0.496 e. The lowest BCUT2D eigenvalue weighted by Gasteiger charge is -2.12. The van der Waals surface area contributed by atoms with E-state index in [1.54, 1.807) is 31.4 Å². The van der Waals surface area contributed by atoms with Crippen molar-refractivity contribution < 1.29 is 18.6 Å². The SMILES string of the molecule is COc1ccc2c(oc(=O)c3cccc(OC)c32)c1OC. The molecule has 0 fully saturated rings. The van der Waals surface area contributed by atoms with E-state index in [-0.39, 0.29) is 0 Å². The van der Waals surface area contributed by atoms with Gasteiger partial charge in [0.25, 0.3) is 0 Å². The third-order valence-corrected chi connectivity index (χ3v) is 3.43. The van der Waals surface area contributed by atoms with Gasteiger partial charge in [-0.1, -0.05) is 6.07 Å². The van der Waals surface area contributed by atoms with Crippen LogP contribution < -0.4 is 19.8 Å². The van der Waals surface area contributed by atoms with Crippen molar-refractivity contribution >= 4 is 21.7 Å². The molecule has 0 saturated carbocycles. The maximum absolute atomic E-state index is 12.2. The van der Waals surface area contributed by atoms with Crippen LogP contribution >= 0.6 is 0 Å². The van der Waals surface area contributed by atoms with Gasteiger partial charge in [0, 0.05) is 10.8 Å². The van der Waals surface area contributed by atoms with Crippen molar-refractivity contribution in [3.63, 3.8) is 0 Å². The Morgan fingerprint density at radius 3 is 2.29 bits per heavy atom. The molecule has 0 bridgehead atoms. The van der Waals surface area contributed by atoms with Crippen LogP contribution in [-0.2, 0) is 0 Å². The molecule has 1 aromatic heterocycles. The first-order valence-electron chi connectivity index (χ1n) is 6.35. The highest BCUT2D eigenvalue weighted by Gasteiger charge is 2.17. The molecule has 0 aliphatic rings. The summed E-state index contributed by atoms with van der Waals surface area (Å²) in [4.78, 5) is 12.2. The van der Waals surface area contributed by atoms with Gasteiger partial charge in [-0.15, -0.1) is 0 Å². The van der Waals surface area contributed by atoms with Gasteiger partial charge < -0.3 is 18.6 Å². The minimum atomic E-state index is -0.442. The second kappa shape index (κ2) is 5.01. The molecule has 0 aliphatic heterocycles. The van der Waals surface area contributed by atoms with Crippen molar-refractivity contribution in [1.82, 2.24) is 0 Å². The lowest BCUT2D eigenvalue weighted by atomic mass is 10.1. The van der Waals surface area contributed by atoms with Crippen LogP contribution in [0.2, 0.25) is 0 Å². The van der Waals surface area contributed by atoms with Crippen LogP contribution in [0.25, 0.3) is 21.7 Å². The fraction of sp³-hybridized carbons (Fsp3) is 0.188. The maximum atomic E-state index is 12.2. The van der Waals surface area contributed by atoms with E-state index in [1.807, 2.05) is 6.07 Å². The molecule has 5 heteroatoms. The highest BCUT2D eigenvalue weighted by atomic mass is 16.5. The highest BCUT2D eigenvalue weighted by Crippen LogP contribution is 2.39. The fourth-order valence-corrected chi connectivity index (χ4v) is 2.49. The molecule has 0 saturated heterocycles. The van der Waals surface area contributed by atoms with Crippen LogP contribution in [0, 0.1) is 0 Å². The Morgan fingerprint density at radius 2 is 1.62 bits per heavy atom. The van der Waals surface area contributed by atoms with Crippen LogP contribution in [0.4, 0.5) is 0 Å². The lowest BCUT2D eigenvalue weighted by molar-refractivity contribution is 0.352. The molecule has 0 N–H and O–H groups in total. The van der Waals surface area contributed by atoms with Gasteiger partial charge >= 0.3 is 5.63 Å². The van der Waals surface area contributed by atoms with E-state index >= 15 is 0 Å². The first-order valence-corrected chi connectivity index (χ1v) is 6.35. The average molecular weight is 286 g/mol. The van der Waals surface area contributed by atoms with Gasteiger partial charge in [-0.2, -0.15) is 0 Å². The fourth-order valence-electron chi connectivity index (χ4n) is 2.49. The summed E-state index contributed by atoms with van der Waals surface area (Å²) in [5.41, 5.74) is -0.0956. The summed E-state index contributed by atoms with van der Waals surface area (Å²) in [6.07, 6.45) is 0. The Labute approximate surface area is 120 Å². The van der Waals surface area contributed by atoms with Gasteiger partial charge in [-0.05, 0) is 24.3 Å². The van der Waals surface area contributed by atoms with Crippen LogP contribution in [0.5, 0.6) is 17.2 Å². The molecule has 3 aromatic rings. The van der Waals surface area contributed by atoms with Crippen LogP contribution in [0.1, 0.15) is 0 Å². The van der Waals surface area contributed by atoms with Crippen molar-refractivity contribution in [3.05, 3.63) is 40.8 Å². The van der Waals surface area contributed by atoms with Gasteiger partial charge in [0.1, 0.15) is 5.75 Å². The molecule has 0 radical (unpaired) electrons. The molecule has 0 amide bonds. The van der Waals surface area contributed by atoms with Crippen molar-refractivity contribution in [2.75, 3.05) is 21.3 Å². The molecule has 0 atom stereocenters. The monoisotopic (exact) mass is 286 g/mol. The Morgan fingerprint density at radius 1 is 0.857 bits per heavy atom. The number of benzene rings is 2. The third kappa shape index (κ3) is 1.89. The maximum Gasteiger partial charge on any atom is 0.344 e. The second-order valence-electron chi connectivity index (χ2n) is 4.45. The predicted octanol–water partition coefficient (Wildman–Crippen LogP) is 2.97. The summed E-state index contributed by atoms with van der Waals surface area (Å²) in [5, 5.41) is 1.90. The smallest absolute Gasteiger partial charge is 0.344 e. The van der Waals surface area contributed by atoms with E-state index in [0.717, 1.165) is 5.39 Å². The highest BCUT2D eigenvalue weighted by molar-refractivity contribution is 6.09. The number of hydrogen-bond acceptors (Lipinski definition) is 5. The van der Waals surface area contributed by atoms with Crippen molar-refractivity contribution in [3.8, 4) is 17.2 Å². The third-order valence-electron chi connectivity index (χ3n) is 3.43. The number of methoxy groups -OCH3 is 3. The Hall–Kier alpha value is -2.69. The van der Waals surface area contributed by atoms with Gasteiger partial charge in [0.05, 0.1) is 26.7 Å². The van der Waals surface area contributed by atoms with Crippen molar-refractivity contribution in [2.45, 2.75) is 0 Å². The first kappa shape index (κ1) is 13.3. The lowest BCUT2D eigenvalue weighted by Crippen LogP contribution is -2.02. The zero-order valence-electron chi connectivity index (χ0n) is 11.9. The van der Waals surface area contributed by atoms with Gasteiger partial charge in [0.15, 0.2) is 11.3 Å². The summed E-state index contributed by atoms with van der Waals surface area (Å²) < 4.78 is 21.4. The molecule has 0 unspecified atom stereocenters. The van der Waals surface area contributed by atoms with Crippen LogP contribution in [0.3, 0.4) is 0 Å². The topological polar surface area (TPSA) is 57.9 Å². The zero-order valence-corrected chi connectivity index (χ0v) is 11.9. The van der Waals surface area contributed by atoms with E-state index in [9.17, 15) is 4.79 Å². The molecule has 5 nitrogen and oxygen atoms in total. The molecule has 108 valence electrons. The first-order chi connectivity index (χ1) is 10.2. The predicted molar refractivity (Wildman–Crippen MR) is 79.6 cm³/mol. The van der Waals surface area contributed by atoms with Crippen molar-refractivity contribution in [2.24, 2.45) is 0 Å². The minimum absolute atomic E-state index is 0.346. The van der Waals surface area contributed by atoms with Gasteiger partial charge in [-0.25, -0.2) is 4.79 Å². The van der Waals surface area contributed by atoms with E-state index < -0.39 is 5.63 Å². The molecule has 2 aromatic carbocycles. The molecular formula is C16H14O5. The number of rotatable bonds is 3. The van der Waals surface area contributed by atoms with E-state index in [2.05, 4.69) is 0 Å². The Balaban J connectivity index is 2.58. The standard InChI is InChI=1S/C16H14O5/c1-18-11-6-4-5-10-13(11)9-7-8-12(19-2)15(20-3)14(9)21-16(10)17/h4-8H,1-3H3. The van der Waals surface area contributed by atoms with E-state index in [4.69, 9.17) is 18.6 Å². The van der Waals surface area contributed by atoms with Crippen LogP contribution in [0.15, 0.2) is 39.5 Å². The van der Waals surface area contributed by atoms with E-state index in [0.29, 0.717) is 33.6 Å². The summed E-state index contributed by atoms with van der Waals surface area (Å²) >= 11 is 0. The molecule has 21 heavy (non-hydrogen) atoms.